The first kappa shape index (κ1) is 24.6. The molecule has 0 aliphatic carbocycles. The Bertz CT molecular complexity index is 1080. The Morgan fingerprint density at radius 3 is 1.30 bits per heavy atom. The van der Waals surface area contributed by atoms with Crippen LogP contribution in [0, 0.1) is 10.2 Å². The van der Waals surface area contributed by atoms with E-state index in [2.05, 4.69) is 98.8 Å². The lowest BCUT2D eigenvalue weighted by molar-refractivity contribution is -2.00. The highest BCUT2D eigenvalue weighted by Crippen LogP contribution is 2.33. The summed E-state index contributed by atoms with van der Waals surface area (Å²) in [6.45, 7) is 4.35. The summed E-state index contributed by atoms with van der Waals surface area (Å²) in [7, 11) is -4.94. The molecule has 0 saturated heterocycles. The van der Waals surface area contributed by atoms with Gasteiger partial charge in [0.15, 0.2) is 0 Å². The molecule has 1 aromatic heterocycles. The van der Waals surface area contributed by atoms with Crippen molar-refractivity contribution in [1.29, 1.82) is 0 Å². The van der Waals surface area contributed by atoms with Crippen molar-refractivity contribution in [3.8, 4) is 33.8 Å². The van der Waals surface area contributed by atoms with Crippen LogP contribution in [0.25, 0.3) is 33.8 Å². The lowest BCUT2D eigenvalue weighted by Crippen LogP contribution is -2.68. The van der Waals surface area contributed by atoms with Crippen molar-refractivity contribution in [1.82, 2.24) is 0 Å². The lowest BCUT2D eigenvalue weighted by atomic mass is 10.0. The van der Waals surface area contributed by atoms with Gasteiger partial charge in [-0.3, -0.25) is 0 Å². The minimum absolute atomic E-state index is 0.888. The molecule has 170 valence electrons. The first-order valence-electron chi connectivity index (χ1n) is 10.6. The summed E-state index contributed by atoms with van der Waals surface area (Å²) in [4.78, 5) is 0. The third-order valence-corrected chi connectivity index (χ3v) is 5.19. The van der Waals surface area contributed by atoms with Gasteiger partial charge in [-0.05, 0) is 53.8 Å². The lowest BCUT2D eigenvalue weighted by Gasteiger charge is -2.17. The molecule has 0 aliphatic rings. The zero-order valence-corrected chi connectivity index (χ0v) is 19.2. The van der Waals surface area contributed by atoms with Crippen LogP contribution in [0.1, 0.15) is 25.0 Å². The van der Waals surface area contributed by atoms with Crippen LogP contribution >= 0.6 is 0 Å². The van der Waals surface area contributed by atoms with Crippen LogP contribution in [0.4, 0.5) is 0 Å². The topological polar surface area (TPSA) is 104 Å². The van der Waals surface area contributed by atoms with Gasteiger partial charge >= 0.3 is 11.5 Å². The van der Waals surface area contributed by atoms with Crippen LogP contribution in [0.2, 0.25) is 0 Å². The van der Waals surface area contributed by atoms with Gasteiger partial charge in [0.2, 0.25) is 0 Å². The van der Waals surface area contributed by atoms with Gasteiger partial charge in [-0.2, -0.15) is 0 Å². The zero-order valence-electron chi connectivity index (χ0n) is 18.5. The van der Waals surface area contributed by atoms with Crippen LogP contribution in [0.15, 0.2) is 95.4 Å². The maximum Gasteiger partial charge on any atom is 0.361 e. The molecule has 4 rings (SSSR count). The third-order valence-electron chi connectivity index (χ3n) is 5.19. The second kappa shape index (κ2) is 11.2. The Balaban J connectivity index is 0.000000555. The predicted molar refractivity (Wildman–Crippen MR) is 118 cm³/mol. The highest BCUT2D eigenvalue weighted by Gasteiger charge is 2.20. The Kier molecular flexibility index (Phi) is 8.33. The first-order chi connectivity index (χ1) is 15.8. The molecule has 3 aromatic carbocycles. The fraction of sp³-hybridized carbons (Fsp3) is 0.148. The molecule has 0 spiro atoms. The third kappa shape index (κ3) is 7.49. The van der Waals surface area contributed by atoms with Gasteiger partial charge in [0.1, 0.15) is 0 Å². The van der Waals surface area contributed by atoms with E-state index in [1.54, 1.807) is 0 Å². The van der Waals surface area contributed by atoms with Gasteiger partial charge in [0.25, 0.3) is 0 Å². The Morgan fingerprint density at radius 2 is 0.939 bits per heavy atom. The van der Waals surface area contributed by atoms with Gasteiger partial charge < -0.3 is 0 Å². The SMILES string of the molecule is CCc1ccc(-c2cc(-c3ccccc3)cc(-c3ccc(CC)cc3)[o+]2)cc1.[O-][Cl+3]([O-])([O-])[O-]. The van der Waals surface area contributed by atoms with Crippen LogP contribution in [0.5, 0.6) is 0 Å². The molecule has 0 radical (unpaired) electrons. The molecule has 0 aliphatic heterocycles. The average Bonchev–Trinajstić information content (AvgIpc) is 2.83. The zero-order chi connectivity index (χ0) is 23.8. The second-order valence-electron chi connectivity index (χ2n) is 7.42. The van der Waals surface area contributed by atoms with E-state index in [4.69, 9.17) is 23.1 Å². The van der Waals surface area contributed by atoms with Crippen molar-refractivity contribution in [2.24, 2.45) is 0 Å². The molecule has 5 nitrogen and oxygen atoms in total. The molecule has 33 heavy (non-hydrogen) atoms. The standard InChI is InChI=1S/C27H25O.ClHO4/c1-3-20-10-14-23(15-11-20)26-18-25(22-8-6-5-7-9-22)19-27(28-26)24-16-12-21(4-2)13-17-24;2-1(3,4)5/h5-19H,3-4H2,1-2H3;(H,2,3,4,5)/q+1;/p-1. The predicted octanol–water partition coefficient (Wildman–Crippen LogP) is 2.93. The van der Waals surface area contributed by atoms with Gasteiger partial charge in [0, 0.05) is 5.56 Å². The molecule has 1 heterocycles. The Morgan fingerprint density at radius 1 is 0.545 bits per heavy atom. The summed E-state index contributed by atoms with van der Waals surface area (Å²) in [6.07, 6.45) is 2.08. The number of hydrogen-bond donors (Lipinski definition) is 0. The van der Waals surface area contributed by atoms with E-state index < -0.39 is 10.2 Å². The molecule has 0 saturated carbocycles. The minimum Gasteiger partial charge on any atom is -0.222 e. The molecule has 0 bridgehead atoms. The number of hydrogen-bond acceptors (Lipinski definition) is 4. The monoisotopic (exact) mass is 464 g/mol. The van der Waals surface area contributed by atoms with Crippen LogP contribution < -0.4 is 18.6 Å². The number of halogens is 1. The van der Waals surface area contributed by atoms with Crippen molar-refractivity contribution in [3.63, 3.8) is 0 Å². The Hall–Kier alpha value is -3.06. The van der Waals surface area contributed by atoms with Crippen LogP contribution in [-0.2, 0) is 12.8 Å². The quantitative estimate of drug-likeness (QED) is 0.422. The van der Waals surface area contributed by atoms with Gasteiger partial charge in [-0.15, -0.1) is 10.2 Å². The molecule has 4 aromatic rings. The maximum atomic E-state index is 8.49. The van der Waals surface area contributed by atoms with E-state index in [1.807, 2.05) is 6.07 Å². The van der Waals surface area contributed by atoms with E-state index in [9.17, 15) is 0 Å². The van der Waals surface area contributed by atoms with Gasteiger partial charge in [-0.1, -0.05) is 68.4 Å². The van der Waals surface area contributed by atoms with Crippen molar-refractivity contribution < 1.29 is 33.3 Å². The van der Waals surface area contributed by atoms with E-state index in [0.717, 1.165) is 41.1 Å². The molecule has 0 atom stereocenters. The fourth-order valence-electron chi connectivity index (χ4n) is 3.39. The summed E-state index contributed by atoms with van der Waals surface area (Å²) < 4.78 is 40.3. The van der Waals surface area contributed by atoms with Crippen LogP contribution in [0.3, 0.4) is 0 Å². The number of rotatable bonds is 5. The first-order valence-corrected chi connectivity index (χ1v) is 11.8. The minimum atomic E-state index is -4.94. The molecular formula is C27H25ClO5. The number of aryl methyl sites for hydroxylation is 2. The summed E-state index contributed by atoms with van der Waals surface area (Å²) in [5.41, 5.74) is 7.21. The summed E-state index contributed by atoms with van der Waals surface area (Å²) >= 11 is 0. The highest BCUT2D eigenvalue weighted by molar-refractivity contribution is 5.74. The van der Waals surface area contributed by atoms with Crippen molar-refractivity contribution in [3.05, 3.63) is 102 Å². The number of benzene rings is 3. The second-order valence-corrected chi connectivity index (χ2v) is 8.18. The summed E-state index contributed by atoms with van der Waals surface area (Å²) in [6, 6.07) is 32.1. The van der Waals surface area contributed by atoms with Crippen molar-refractivity contribution in [2.45, 2.75) is 26.7 Å². The van der Waals surface area contributed by atoms with Gasteiger partial charge in [-0.25, -0.2) is 23.1 Å². The molecule has 0 amide bonds. The smallest absolute Gasteiger partial charge is 0.222 e. The van der Waals surface area contributed by atoms with E-state index in [0.29, 0.717) is 0 Å². The summed E-state index contributed by atoms with van der Waals surface area (Å²) in [5, 5.41) is 0. The molecule has 6 heteroatoms. The maximum absolute atomic E-state index is 8.49. The van der Waals surface area contributed by atoms with E-state index in [-0.39, 0.29) is 0 Å². The largest absolute Gasteiger partial charge is 0.361 e. The molecule has 0 unspecified atom stereocenters. The molecule has 0 fully saturated rings. The van der Waals surface area contributed by atoms with Crippen molar-refractivity contribution in [2.75, 3.05) is 0 Å². The normalized spacial score (nSPS) is 11.0. The van der Waals surface area contributed by atoms with E-state index >= 15 is 0 Å². The molecule has 0 N–H and O–H groups in total. The summed E-state index contributed by atoms with van der Waals surface area (Å²) in [5.74, 6) is 1.78. The van der Waals surface area contributed by atoms with E-state index in [1.165, 1.54) is 16.7 Å². The fourth-order valence-corrected chi connectivity index (χ4v) is 3.39. The van der Waals surface area contributed by atoms with Gasteiger partial charge in [0.05, 0.1) is 23.3 Å². The Labute approximate surface area is 196 Å². The average molecular weight is 465 g/mol. The molecular weight excluding hydrogens is 440 g/mol. The van der Waals surface area contributed by atoms with Crippen LogP contribution in [-0.4, -0.2) is 0 Å². The van der Waals surface area contributed by atoms with Crippen molar-refractivity contribution >= 4 is 0 Å². The highest BCUT2D eigenvalue weighted by atomic mass is 35.7.